The fourth-order valence-corrected chi connectivity index (χ4v) is 5.31. The van der Waals surface area contributed by atoms with Crippen LogP contribution in [0.2, 0.25) is 0 Å². The van der Waals surface area contributed by atoms with Gasteiger partial charge >= 0.3 is 0 Å². The Hall–Kier alpha value is -2.61. The fourth-order valence-electron chi connectivity index (χ4n) is 5.31. The van der Waals surface area contributed by atoms with Crippen molar-refractivity contribution in [2.24, 2.45) is 0 Å². The molecule has 4 aliphatic rings. The summed E-state index contributed by atoms with van der Waals surface area (Å²) >= 11 is 0. The van der Waals surface area contributed by atoms with Crippen molar-refractivity contribution in [2.75, 3.05) is 21.0 Å². The summed E-state index contributed by atoms with van der Waals surface area (Å²) in [4.78, 5) is 12.8. The molecule has 0 N–H and O–H groups in total. The summed E-state index contributed by atoms with van der Waals surface area (Å²) < 4.78 is 36.3. The van der Waals surface area contributed by atoms with E-state index >= 15 is 0 Å². The van der Waals surface area contributed by atoms with Gasteiger partial charge in [-0.25, -0.2) is 0 Å². The van der Waals surface area contributed by atoms with Crippen LogP contribution in [-0.4, -0.2) is 26.8 Å². The van der Waals surface area contributed by atoms with Gasteiger partial charge < -0.3 is 23.7 Å². The van der Waals surface area contributed by atoms with Gasteiger partial charge in [0.05, 0.1) is 29.9 Å². The highest BCUT2D eigenvalue weighted by molar-refractivity contribution is 6.02. The Morgan fingerprint density at radius 3 is 2.63 bits per heavy atom. The van der Waals surface area contributed by atoms with E-state index < -0.39 is 11.6 Å². The summed E-state index contributed by atoms with van der Waals surface area (Å²) in [6.45, 7) is 0.210. The van der Waals surface area contributed by atoms with E-state index in [9.17, 15) is 4.79 Å². The normalized spacial score (nSPS) is 29.9. The minimum atomic E-state index is -1.07. The summed E-state index contributed by atoms with van der Waals surface area (Å²) in [6, 6.07) is 9.53. The number of carbonyl (C=O) groups is 1. The van der Waals surface area contributed by atoms with E-state index in [4.69, 9.17) is 28.4 Å². The first-order valence-corrected chi connectivity index (χ1v) is 10.2. The van der Waals surface area contributed by atoms with Gasteiger partial charge in [0, 0.05) is 26.4 Å². The second-order valence-electron chi connectivity index (χ2n) is 8.07. The Morgan fingerprint density at radius 2 is 1.83 bits per heavy atom. The van der Waals surface area contributed by atoms with E-state index in [2.05, 4.69) is 0 Å². The molecule has 2 heterocycles. The van der Waals surface area contributed by atoms with E-state index in [1.807, 2.05) is 24.3 Å². The molecular formula is C23H22O7. The molecule has 2 bridgehead atoms. The number of ether oxygens (including phenoxy) is 6. The van der Waals surface area contributed by atoms with Crippen LogP contribution in [-0.2, 0) is 25.8 Å². The van der Waals surface area contributed by atoms with Crippen molar-refractivity contribution in [3.8, 4) is 17.2 Å². The molecule has 0 fully saturated rings. The molecule has 2 aliphatic heterocycles. The number of carbonyl (C=O) groups excluding carboxylic acids is 1. The van der Waals surface area contributed by atoms with Crippen LogP contribution in [0.15, 0.2) is 30.3 Å². The first-order valence-electron chi connectivity index (χ1n) is 10.2. The second-order valence-corrected chi connectivity index (χ2v) is 8.07. The fraction of sp³-hybridized carbons (Fsp3) is 0.435. The number of benzene rings is 2. The van der Waals surface area contributed by atoms with Gasteiger partial charge in [-0.2, -0.15) is 0 Å². The zero-order valence-electron chi connectivity index (χ0n) is 16.9. The van der Waals surface area contributed by atoms with Gasteiger partial charge in [0.25, 0.3) is 0 Å². The monoisotopic (exact) mass is 410 g/mol. The summed E-state index contributed by atoms with van der Waals surface area (Å²) in [5, 5.41) is 0. The number of ketones is 1. The lowest BCUT2D eigenvalue weighted by molar-refractivity contribution is -0.367. The van der Waals surface area contributed by atoms with Crippen LogP contribution < -0.4 is 14.2 Å². The van der Waals surface area contributed by atoms with Crippen molar-refractivity contribution in [1.29, 1.82) is 0 Å². The number of hydrogen-bond acceptors (Lipinski definition) is 7. The van der Waals surface area contributed by atoms with Crippen LogP contribution in [0.5, 0.6) is 17.2 Å². The number of hydrogen-bond donors (Lipinski definition) is 0. The lowest BCUT2D eigenvalue weighted by Crippen LogP contribution is -2.58. The molecule has 3 atom stereocenters. The summed E-state index contributed by atoms with van der Waals surface area (Å²) in [7, 11) is 3.17. The number of rotatable bonds is 4. The molecule has 156 valence electrons. The van der Waals surface area contributed by atoms with Crippen LogP contribution in [0, 0.1) is 0 Å². The Kier molecular flexibility index (Phi) is 3.76. The molecule has 2 spiro atoms. The standard InChI is InChI=1S/C23H22O7/c1-25-12-27-15-9-11-22-20-13(15)4-3-5-17(20)28-23(30-22)10-8-14(24)19-16(26-2)6-7-18(29-22)21(19)23/h3-7,15H,8-12H2,1-2H3/t15-,22+,23+/m0/s1. The van der Waals surface area contributed by atoms with E-state index in [1.54, 1.807) is 20.3 Å². The maximum absolute atomic E-state index is 12.8. The molecule has 2 aliphatic carbocycles. The van der Waals surface area contributed by atoms with Gasteiger partial charge in [0.15, 0.2) is 5.78 Å². The minimum absolute atomic E-state index is 0.0114. The average molecular weight is 410 g/mol. The molecule has 7 heteroatoms. The van der Waals surface area contributed by atoms with E-state index in [0.29, 0.717) is 54.1 Å². The van der Waals surface area contributed by atoms with Crippen LogP contribution >= 0.6 is 0 Å². The van der Waals surface area contributed by atoms with Crippen LogP contribution in [0.4, 0.5) is 0 Å². The van der Waals surface area contributed by atoms with Gasteiger partial charge in [-0.15, -0.1) is 0 Å². The van der Waals surface area contributed by atoms with Crippen molar-refractivity contribution >= 4 is 5.78 Å². The average Bonchev–Trinajstić information content (AvgIpc) is 2.76. The molecule has 30 heavy (non-hydrogen) atoms. The molecule has 2 aromatic carbocycles. The minimum Gasteiger partial charge on any atom is -0.496 e. The molecule has 0 amide bonds. The third-order valence-corrected chi connectivity index (χ3v) is 6.48. The topological polar surface area (TPSA) is 72.5 Å². The lowest BCUT2D eigenvalue weighted by atomic mass is 9.78. The quantitative estimate of drug-likeness (QED) is 0.707. The largest absolute Gasteiger partial charge is 0.496 e. The van der Waals surface area contributed by atoms with Gasteiger partial charge in [-0.05, 0) is 30.2 Å². The first kappa shape index (κ1) is 18.2. The molecule has 0 saturated carbocycles. The molecule has 7 nitrogen and oxygen atoms in total. The predicted molar refractivity (Wildman–Crippen MR) is 104 cm³/mol. The zero-order valence-corrected chi connectivity index (χ0v) is 16.9. The van der Waals surface area contributed by atoms with E-state index in [0.717, 1.165) is 11.1 Å². The predicted octanol–water partition coefficient (Wildman–Crippen LogP) is 3.93. The number of Topliss-reactive ketones (excluding diaryl/α,β-unsaturated/α-hetero) is 1. The molecule has 0 saturated heterocycles. The van der Waals surface area contributed by atoms with Crippen molar-refractivity contribution in [3.05, 3.63) is 52.6 Å². The van der Waals surface area contributed by atoms with Gasteiger partial charge in [-0.1, -0.05) is 12.1 Å². The maximum atomic E-state index is 12.8. The molecular weight excluding hydrogens is 388 g/mol. The Labute approximate surface area is 173 Å². The number of methoxy groups -OCH3 is 2. The highest BCUT2D eigenvalue weighted by Crippen LogP contribution is 2.62. The molecule has 2 aromatic rings. The van der Waals surface area contributed by atoms with E-state index in [1.165, 1.54) is 0 Å². The van der Waals surface area contributed by atoms with Gasteiger partial charge in [-0.3, -0.25) is 9.53 Å². The Morgan fingerprint density at radius 1 is 1.03 bits per heavy atom. The summed E-state index contributed by atoms with van der Waals surface area (Å²) in [5.41, 5.74) is 2.97. The zero-order chi connectivity index (χ0) is 20.5. The molecule has 6 rings (SSSR count). The third kappa shape index (κ3) is 2.23. The highest BCUT2D eigenvalue weighted by atomic mass is 16.8. The van der Waals surface area contributed by atoms with Gasteiger partial charge in [0.1, 0.15) is 24.0 Å². The first-order chi connectivity index (χ1) is 14.6. The van der Waals surface area contributed by atoms with Crippen molar-refractivity contribution in [2.45, 2.75) is 43.4 Å². The third-order valence-electron chi connectivity index (χ3n) is 6.48. The van der Waals surface area contributed by atoms with Gasteiger partial charge in [0.2, 0.25) is 11.6 Å². The molecule has 0 radical (unpaired) electrons. The van der Waals surface area contributed by atoms with Crippen molar-refractivity contribution < 1.29 is 33.2 Å². The van der Waals surface area contributed by atoms with Crippen molar-refractivity contribution in [3.63, 3.8) is 0 Å². The summed E-state index contributed by atoms with van der Waals surface area (Å²) in [5.74, 6) is -0.203. The Bertz CT molecular complexity index is 1060. The molecule has 0 unspecified atom stereocenters. The van der Waals surface area contributed by atoms with Crippen LogP contribution in [0.3, 0.4) is 0 Å². The SMILES string of the molecule is COCO[C@H]1CC[C@]23Oc4ccc(OC)c5c4[C@](CCC5=O)(Oc4cccc1c42)O3. The maximum Gasteiger partial charge on any atom is 0.245 e. The summed E-state index contributed by atoms with van der Waals surface area (Å²) in [6.07, 6.45) is 1.93. The lowest BCUT2D eigenvalue weighted by Gasteiger charge is -2.55. The van der Waals surface area contributed by atoms with E-state index in [-0.39, 0.29) is 18.7 Å². The van der Waals surface area contributed by atoms with Crippen LogP contribution in [0.25, 0.3) is 0 Å². The Balaban J connectivity index is 1.56. The highest BCUT2D eigenvalue weighted by Gasteiger charge is 2.62. The van der Waals surface area contributed by atoms with Crippen LogP contribution in [0.1, 0.15) is 58.8 Å². The molecule has 0 aromatic heterocycles. The second kappa shape index (κ2) is 6.20. The smallest absolute Gasteiger partial charge is 0.245 e. The van der Waals surface area contributed by atoms with Crippen molar-refractivity contribution in [1.82, 2.24) is 0 Å².